The van der Waals surface area contributed by atoms with E-state index < -0.39 is 0 Å². The van der Waals surface area contributed by atoms with E-state index in [0.29, 0.717) is 0 Å². The molecular formula is C8H15NO. The molecular weight excluding hydrogens is 126 g/mol. The molecule has 0 radical (unpaired) electrons. The summed E-state index contributed by atoms with van der Waals surface area (Å²) in [5, 5.41) is 2.90. The Labute approximate surface area is 62.6 Å². The molecule has 0 aromatic heterocycles. The fraction of sp³-hybridized carbons (Fsp3) is 0.500. The van der Waals surface area contributed by atoms with E-state index in [9.17, 15) is 0 Å². The fourth-order valence-electron chi connectivity index (χ4n) is 0.634. The van der Waals surface area contributed by atoms with Crippen LogP contribution in [0.5, 0.6) is 0 Å². The van der Waals surface area contributed by atoms with Crippen LogP contribution in [0.4, 0.5) is 0 Å². The minimum absolute atomic E-state index is 0.222. The van der Waals surface area contributed by atoms with Gasteiger partial charge in [0.1, 0.15) is 0 Å². The first-order valence-corrected chi connectivity index (χ1v) is 3.28. The van der Waals surface area contributed by atoms with Crippen LogP contribution in [0.2, 0.25) is 0 Å². The lowest BCUT2D eigenvalue weighted by atomic mass is 10.2. The van der Waals surface area contributed by atoms with Crippen molar-refractivity contribution < 1.29 is 4.74 Å². The van der Waals surface area contributed by atoms with Crippen molar-refractivity contribution in [2.45, 2.75) is 19.4 Å². The Kier molecular flexibility index (Phi) is 4.67. The van der Waals surface area contributed by atoms with Crippen LogP contribution >= 0.6 is 0 Å². The Bertz CT molecular complexity index is 120. The molecule has 0 aliphatic heterocycles. The minimum Gasteiger partial charge on any atom is -0.381 e. The smallest absolute Gasteiger partial charge is 0.0597 e. The second-order valence-electron chi connectivity index (χ2n) is 2.20. The maximum atomic E-state index is 5.03. The standard InChI is InChI=1S/C8H15NO/c1-5-9-7(2)6-8(3)10-4/h5,8-9H,1-2,6H2,3-4H3. The zero-order valence-corrected chi connectivity index (χ0v) is 6.68. The highest BCUT2D eigenvalue weighted by atomic mass is 16.5. The monoisotopic (exact) mass is 141 g/mol. The number of nitrogens with one attached hydrogen (secondary N) is 1. The van der Waals surface area contributed by atoms with Gasteiger partial charge >= 0.3 is 0 Å². The van der Waals surface area contributed by atoms with Crippen LogP contribution in [-0.4, -0.2) is 13.2 Å². The van der Waals surface area contributed by atoms with Crippen LogP contribution in [0.3, 0.4) is 0 Å². The molecule has 0 aliphatic rings. The highest BCUT2D eigenvalue weighted by Crippen LogP contribution is 2.01. The van der Waals surface area contributed by atoms with Crippen LogP contribution in [0.15, 0.2) is 25.1 Å². The highest BCUT2D eigenvalue weighted by molar-refractivity contribution is 4.96. The molecule has 1 unspecified atom stereocenters. The molecule has 58 valence electrons. The molecule has 1 atom stereocenters. The van der Waals surface area contributed by atoms with Gasteiger partial charge in [0, 0.05) is 19.2 Å². The lowest BCUT2D eigenvalue weighted by Gasteiger charge is -2.10. The first-order chi connectivity index (χ1) is 4.70. The van der Waals surface area contributed by atoms with Crippen LogP contribution < -0.4 is 5.32 Å². The molecule has 0 fully saturated rings. The largest absolute Gasteiger partial charge is 0.381 e. The average molecular weight is 141 g/mol. The first-order valence-electron chi connectivity index (χ1n) is 3.28. The van der Waals surface area contributed by atoms with Crippen molar-refractivity contribution in [3.8, 4) is 0 Å². The van der Waals surface area contributed by atoms with Crippen LogP contribution in [-0.2, 0) is 4.74 Å². The Morgan fingerprint density at radius 1 is 1.80 bits per heavy atom. The molecule has 1 N–H and O–H groups in total. The lowest BCUT2D eigenvalue weighted by Crippen LogP contribution is -2.12. The zero-order chi connectivity index (χ0) is 7.98. The molecule has 0 aliphatic carbocycles. The van der Waals surface area contributed by atoms with Crippen molar-refractivity contribution in [3.63, 3.8) is 0 Å². The third-order valence-corrected chi connectivity index (χ3v) is 1.24. The topological polar surface area (TPSA) is 21.3 Å². The maximum absolute atomic E-state index is 5.03. The van der Waals surface area contributed by atoms with Gasteiger partial charge in [-0.2, -0.15) is 0 Å². The summed E-state index contributed by atoms with van der Waals surface area (Å²) >= 11 is 0. The van der Waals surface area contributed by atoms with Gasteiger partial charge in [-0.15, -0.1) is 0 Å². The van der Waals surface area contributed by atoms with Gasteiger partial charge in [-0.25, -0.2) is 0 Å². The van der Waals surface area contributed by atoms with Crippen molar-refractivity contribution in [2.75, 3.05) is 7.11 Å². The summed E-state index contributed by atoms with van der Waals surface area (Å²) in [4.78, 5) is 0. The molecule has 0 rings (SSSR count). The van der Waals surface area contributed by atoms with E-state index in [-0.39, 0.29) is 6.10 Å². The Morgan fingerprint density at radius 2 is 2.40 bits per heavy atom. The van der Waals surface area contributed by atoms with Gasteiger partial charge in [-0.3, -0.25) is 0 Å². The molecule has 10 heavy (non-hydrogen) atoms. The van der Waals surface area contributed by atoms with Crippen molar-refractivity contribution in [2.24, 2.45) is 0 Å². The molecule has 0 saturated carbocycles. The van der Waals surface area contributed by atoms with Crippen LogP contribution in [0, 0.1) is 0 Å². The molecule has 0 spiro atoms. The van der Waals surface area contributed by atoms with E-state index in [2.05, 4.69) is 18.5 Å². The second-order valence-corrected chi connectivity index (χ2v) is 2.20. The summed E-state index contributed by atoms with van der Waals surface area (Å²) < 4.78 is 5.03. The van der Waals surface area contributed by atoms with Crippen molar-refractivity contribution in [1.82, 2.24) is 5.32 Å². The normalized spacial score (nSPS) is 12.2. The van der Waals surface area contributed by atoms with Crippen molar-refractivity contribution in [3.05, 3.63) is 25.1 Å². The minimum atomic E-state index is 0.222. The average Bonchev–Trinajstić information content (AvgIpc) is 1.88. The summed E-state index contributed by atoms with van der Waals surface area (Å²) in [7, 11) is 1.69. The van der Waals surface area contributed by atoms with E-state index in [1.165, 1.54) is 0 Å². The number of ether oxygens (including phenoxy) is 1. The van der Waals surface area contributed by atoms with Crippen LogP contribution in [0.1, 0.15) is 13.3 Å². The first kappa shape index (κ1) is 9.24. The van der Waals surface area contributed by atoms with Crippen molar-refractivity contribution in [1.29, 1.82) is 0 Å². The molecule has 0 bridgehead atoms. The molecule has 2 nitrogen and oxygen atoms in total. The molecule has 0 heterocycles. The molecule has 0 amide bonds. The molecule has 0 aromatic rings. The third kappa shape index (κ3) is 4.15. The summed E-state index contributed by atoms with van der Waals surface area (Å²) in [6.45, 7) is 9.29. The molecule has 0 aromatic carbocycles. The van der Waals surface area contributed by atoms with Crippen LogP contribution in [0.25, 0.3) is 0 Å². The maximum Gasteiger partial charge on any atom is 0.0597 e. The summed E-state index contributed by atoms with van der Waals surface area (Å²) in [5.41, 5.74) is 0.935. The van der Waals surface area contributed by atoms with E-state index in [1.54, 1.807) is 13.3 Å². The quantitative estimate of drug-likeness (QED) is 0.628. The Morgan fingerprint density at radius 3 is 2.80 bits per heavy atom. The van der Waals surface area contributed by atoms with Gasteiger partial charge in [-0.05, 0) is 13.1 Å². The zero-order valence-electron chi connectivity index (χ0n) is 6.68. The van der Waals surface area contributed by atoms with E-state index in [0.717, 1.165) is 12.1 Å². The Hall–Kier alpha value is -0.760. The third-order valence-electron chi connectivity index (χ3n) is 1.24. The predicted molar refractivity (Wildman–Crippen MR) is 43.6 cm³/mol. The predicted octanol–water partition coefficient (Wildman–Crippen LogP) is 1.66. The van der Waals surface area contributed by atoms with Crippen molar-refractivity contribution >= 4 is 0 Å². The number of hydrogen-bond donors (Lipinski definition) is 1. The van der Waals surface area contributed by atoms with E-state index in [1.807, 2.05) is 6.92 Å². The van der Waals surface area contributed by atoms with Gasteiger partial charge in [0.2, 0.25) is 0 Å². The molecule has 2 heteroatoms. The summed E-state index contributed by atoms with van der Waals surface area (Å²) in [5.74, 6) is 0. The van der Waals surface area contributed by atoms with E-state index in [4.69, 9.17) is 4.74 Å². The van der Waals surface area contributed by atoms with Gasteiger partial charge in [0.25, 0.3) is 0 Å². The number of hydrogen-bond acceptors (Lipinski definition) is 2. The lowest BCUT2D eigenvalue weighted by molar-refractivity contribution is 0.118. The SMILES string of the molecule is C=CNC(=C)CC(C)OC. The Balaban J connectivity index is 3.46. The van der Waals surface area contributed by atoms with Gasteiger partial charge in [-0.1, -0.05) is 13.2 Å². The summed E-state index contributed by atoms with van der Waals surface area (Å²) in [6.07, 6.45) is 2.66. The number of rotatable bonds is 5. The highest BCUT2D eigenvalue weighted by Gasteiger charge is 1.99. The van der Waals surface area contributed by atoms with E-state index >= 15 is 0 Å². The summed E-state index contributed by atoms with van der Waals surface area (Å²) in [6, 6.07) is 0. The fourth-order valence-corrected chi connectivity index (χ4v) is 0.634. The molecule has 0 saturated heterocycles. The second kappa shape index (κ2) is 5.06. The van der Waals surface area contributed by atoms with Gasteiger partial charge < -0.3 is 10.1 Å². The van der Waals surface area contributed by atoms with Gasteiger partial charge in [0.15, 0.2) is 0 Å². The van der Waals surface area contributed by atoms with Gasteiger partial charge in [0.05, 0.1) is 6.10 Å². The number of methoxy groups -OCH3 is 1.